The second-order valence-electron chi connectivity index (χ2n) is 7.11. The van der Waals surface area contributed by atoms with Crippen LogP contribution in [-0.2, 0) is 14.3 Å². The summed E-state index contributed by atoms with van der Waals surface area (Å²) in [6, 6.07) is 12.6. The molecule has 2 aromatic rings. The molecule has 0 radical (unpaired) electrons. The molecule has 0 saturated carbocycles. The lowest BCUT2D eigenvalue weighted by molar-refractivity contribution is -0.122. The molecule has 0 bridgehead atoms. The Morgan fingerprint density at radius 1 is 1.07 bits per heavy atom. The number of anilines is 3. The molecule has 2 fully saturated rings. The lowest BCUT2D eigenvalue weighted by Crippen LogP contribution is -2.37. The van der Waals surface area contributed by atoms with E-state index in [9.17, 15) is 9.59 Å². The van der Waals surface area contributed by atoms with E-state index >= 15 is 0 Å². The molecule has 2 aliphatic heterocycles. The average molecular weight is 434 g/mol. The maximum atomic E-state index is 13.0. The molecule has 1 atom stereocenters. The molecule has 6 nitrogen and oxygen atoms in total. The molecule has 1 unspecified atom stereocenters. The molecule has 0 aliphatic carbocycles. The van der Waals surface area contributed by atoms with Gasteiger partial charge in [-0.1, -0.05) is 35.3 Å². The van der Waals surface area contributed by atoms with Gasteiger partial charge in [0.15, 0.2) is 0 Å². The van der Waals surface area contributed by atoms with Gasteiger partial charge in [0.05, 0.1) is 41.2 Å². The van der Waals surface area contributed by atoms with Crippen LogP contribution in [0.25, 0.3) is 0 Å². The highest BCUT2D eigenvalue weighted by Gasteiger charge is 2.36. The lowest BCUT2D eigenvalue weighted by Gasteiger charge is -2.30. The van der Waals surface area contributed by atoms with Gasteiger partial charge in [0.1, 0.15) is 0 Å². The van der Waals surface area contributed by atoms with Crippen molar-refractivity contribution in [3.63, 3.8) is 0 Å². The predicted molar refractivity (Wildman–Crippen MR) is 115 cm³/mol. The number of morpholine rings is 1. The molecule has 4 rings (SSSR count). The molecule has 2 aromatic carbocycles. The Hall–Kier alpha value is -2.28. The van der Waals surface area contributed by atoms with E-state index in [0.717, 1.165) is 18.8 Å². The summed E-state index contributed by atoms with van der Waals surface area (Å²) in [7, 11) is 0. The lowest BCUT2D eigenvalue weighted by atomic mass is 10.1. The number of rotatable bonds is 4. The van der Waals surface area contributed by atoms with Crippen LogP contribution < -0.4 is 15.1 Å². The van der Waals surface area contributed by atoms with Crippen molar-refractivity contribution in [1.82, 2.24) is 0 Å². The number of nitrogens with zero attached hydrogens (tertiary/aromatic N) is 2. The molecule has 0 aromatic heterocycles. The van der Waals surface area contributed by atoms with Crippen molar-refractivity contribution >= 4 is 52.1 Å². The highest BCUT2D eigenvalue weighted by Crippen LogP contribution is 2.33. The van der Waals surface area contributed by atoms with E-state index in [1.165, 1.54) is 0 Å². The molecule has 0 spiro atoms. The van der Waals surface area contributed by atoms with Crippen molar-refractivity contribution < 1.29 is 14.3 Å². The first kappa shape index (κ1) is 20.0. The topological polar surface area (TPSA) is 61.9 Å². The number of nitrogens with one attached hydrogen (secondary N) is 1. The maximum absolute atomic E-state index is 13.0. The number of ether oxygens (including phenoxy) is 1. The molecule has 2 heterocycles. The van der Waals surface area contributed by atoms with Gasteiger partial charge >= 0.3 is 0 Å². The highest BCUT2D eigenvalue weighted by atomic mass is 35.5. The van der Waals surface area contributed by atoms with Crippen LogP contribution in [-0.4, -0.2) is 44.7 Å². The predicted octanol–water partition coefficient (Wildman–Crippen LogP) is 3.82. The molecule has 2 amide bonds. The number of hydrogen-bond acceptors (Lipinski definition) is 4. The summed E-state index contributed by atoms with van der Waals surface area (Å²) in [5.74, 6) is -0.780. The van der Waals surface area contributed by atoms with Crippen molar-refractivity contribution in [1.29, 1.82) is 0 Å². The zero-order valence-corrected chi connectivity index (χ0v) is 17.2. The Morgan fingerprint density at radius 2 is 1.83 bits per heavy atom. The number of benzene rings is 2. The smallest absolute Gasteiger partial charge is 0.229 e. The standard InChI is InChI=1S/C21H21Cl2N3O3/c22-15-5-6-19(25-7-9-29-10-8-25)17(12-15)24-21(28)14-11-20(27)26(13-14)18-4-2-1-3-16(18)23/h1-6,12,14H,7-11,13H2,(H,24,28). The van der Waals surface area contributed by atoms with E-state index in [0.29, 0.717) is 41.2 Å². The second-order valence-corrected chi connectivity index (χ2v) is 7.95. The Labute approximate surface area is 179 Å². The Morgan fingerprint density at radius 3 is 2.59 bits per heavy atom. The normalized spacial score (nSPS) is 19.5. The van der Waals surface area contributed by atoms with Gasteiger partial charge in [-0.15, -0.1) is 0 Å². The summed E-state index contributed by atoms with van der Waals surface area (Å²) in [5.41, 5.74) is 2.18. The van der Waals surface area contributed by atoms with E-state index in [4.69, 9.17) is 27.9 Å². The molecule has 8 heteroatoms. The van der Waals surface area contributed by atoms with Crippen molar-refractivity contribution in [2.75, 3.05) is 48.0 Å². The van der Waals surface area contributed by atoms with E-state index in [-0.39, 0.29) is 18.2 Å². The van der Waals surface area contributed by atoms with Gasteiger partial charge in [-0.2, -0.15) is 0 Å². The zero-order valence-electron chi connectivity index (χ0n) is 15.7. The fraction of sp³-hybridized carbons (Fsp3) is 0.333. The Kier molecular flexibility index (Phi) is 5.94. The second kappa shape index (κ2) is 8.61. The van der Waals surface area contributed by atoms with E-state index < -0.39 is 5.92 Å². The van der Waals surface area contributed by atoms with Crippen LogP contribution in [0, 0.1) is 5.92 Å². The number of halogens is 2. The van der Waals surface area contributed by atoms with Gasteiger partial charge in [0, 0.05) is 31.1 Å². The third kappa shape index (κ3) is 4.34. The molecule has 1 N–H and O–H groups in total. The molecule has 29 heavy (non-hydrogen) atoms. The summed E-state index contributed by atoms with van der Waals surface area (Å²) in [6.45, 7) is 3.06. The van der Waals surface area contributed by atoms with Crippen LogP contribution in [0.3, 0.4) is 0 Å². The van der Waals surface area contributed by atoms with Crippen LogP contribution in [0.2, 0.25) is 10.0 Å². The molecule has 152 valence electrons. The monoisotopic (exact) mass is 433 g/mol. The average Bonchev–Trinajstić information content (AvgIpc) is 3.11. The third-order valence-electron chi connectivity index (χ3n) is 5.21. The first-order valence-corrected chi connectivity index (χ1v) is 10.3. The van der Waals surface area contributed by atoms with Gasteiger partial charge in [0.2, 0.25) is 11.8 Å². The first-order chi connectivity index (χ1) is 14.0. The van der Waals surface area contributed by atoms with Crippen molar-refractivity contribution in [3.05, 3.63) is 52.5 Å². The zero-order chi connectivity index (χ0) is 20.4. The quantitative estimate of drug-likeness (QED) is 0.795. The van der Waals surface area contributed by atoms with Crippen LogP contribution in [0.4, 0.5) is 17.1 Å². The van der Waals surface area contributed by atoms with Crippen molar-refractivity contribution in [3.8, 4) is 0 Å². The van der Waals surface area contributed by atoms with E-state index in [1.54, 1.807) is 29.2 Å². The minimum absolute atomic E-state index is 0.113. The fourth-order valence-corrected chi connectivity index (χ4v) is 4.12. The van der Waals surface area contributed by atoms with Crippen molar-refractivity contribution in [2.24, 2.45) is 5.92 Å². The molecule has 2 saturated heterocycles. The maximum Gasteiger partial charge on any atom is 0.229 e. The summed E-state index contributed by atoms with van der Waals surface area (Å²) < 4.78 is 5.41. The van der Waals surface area contributed by atoms with Gasteiger partial charge in [-0.3, -0.25) is 9.59 Å². The summed E-state index contributed by atoms with van der Waals surface area (Å²) in [5, 5.41) is 4.01. The van der Waals surface area contributed by atoms with E-state index in [1.807, 2.05) is 18.2 Å². The van der Waals surface area contributed by atoms with Crippen molar-refractivity contribution in [2.45, 2.75) is 6.42 Å². The van der Waals surface area contributed by atoms with Crippen LogP contribution in [0.5, 0.6) is 0 Å². The largest absolute Gasteiger partial charge is 0.378 e. The van der Waals surface area contributed by atoms with Gasteiger partial charge in [0.25, 0.3) is 0 Å². The molecular formula is C21H21Cl2N3O3. The fourth-order valence-electron chi connectivity index (χ4n) is 3.71. The number of hydrogen-bond donors (Lipinski definition) is 1. The summed E-state index contributed by atoms with van der Waals surface area (Å²) >= 11 is 12.4. The van der Waals surface area contributed by atoms with Gasteiger partial charge < -0.3 is 19.9 Å². The SMILES string of the molecule is O=C(Nc1cc(Cl)ccc1N1CCOCC1)C1CC(=O)N(c2ccccc2Cl)C1. The summed E-state index contributed by atoms with van der Waals surface area (Å²) in [6.07, 6.45) is 0.143. The first-order valence-electron chi connectivity index (χ1n) is 9.51. The molecular weight excluding hydrogens is 413 g/mol. The van der Waals surface area contributed by atoms with Gasteiger partial charge in [-0.25, -0.2) is 0 Å². The third-order valence-corrected chi connectivity index (χ3v) is 5.76. The number of amides is 2. The minimum Gasteiger partial charge on any atom is -0.378 e. The number of para-hydroxylation sites is 1. The highest BCUT2D eigenvalue weighted by molar-refractivity contribution is 6.34. The van der Waals surface area contributed by atoms with Crippen LogP contribution >= 0.6 is 23.2 Å². The molecule has 2 aliphatic rings. The van der Waals surface area contributed by atoms with Crippen LogP contribution in [0.15, 0.2) is 42.5 Å². The van der Waals surface area contributed by atoms with Crippen LogP contribution in [0.1, 0.15) is 6.42 Å². The Bertz CT molecular complexity index is 931. The number of carbonyl (C=O) groups is 2. The van der Waals surface area contributed by atoms with Gasteiger partial charge in [-0.05, 0) is 30.3 Å². The number of carbonyl (C=O) groups excluding carboxylic acids is 2. The minimum atomic E-state index is -0.463. The Balaban J connectivity index is 1.51. The van der Waals surface area contributed by atoms with E-state index in [2.05, 4.69) is 10.2 Å². The summed E-state index contributed by atoms with van der Waals surface area (Å²) in [4.78, 5) is 29.2.